The molecule has 2 fully saturated rings. The lowest BCUT2D eigenvalue weighted by molar-refractivity contribution is -0.141. The number of esters is 1. The Morgan fingerprint density at radius 3 is 2.48 bits per heavy atom. The molecule has 0 saturated carbocycles. The predicted octanol–water partition coefficient (Wildman–Crippen LogP) is 6.09. The van der Waals surface area contributed by atoms with E-state index in [2.05, 4.69) is 58.1 Å². The SMILES string of the molecule is COC(=O)C[C@@H](CN1CCC(CCc2ccc3cccnc3n2)C1)c1cc(N2CCN(C(=O)OC(C)(C)C)CC2)cc(-n2nc(C)cc2C)c1. The molecule has 1 aromatic carbocycles. The molecule has 5 heterocycles. The Hall–Kier alpha value is -4.51. The van der Waals surface area contributed by atoms with Crippen LogP contribution in [0.2, 0.25) is 0 Å². The Balaban J connectivity index is 1.19. The number of aryl methyl sites for hydroxylation is 3. The molecule has 2 aliphatic heterocycles. The van der Waals surface area contributed by atoms with E-state index in [0.29, 0.717) is 32.1 Å². The molecule has 0 N–H and O–H groups in total. The summed E-state index contributed by atoms with van der Waals surface area (Å²) in [6.07, 6.45) is 4.92. The fraction of sp³-hybridized carbons (Fsp3) is 0.513. The van der Waals surface area contributed by atoms with Crippen LogP contribution in [0.1, 0.15) is 68.6 Å². The van der Waals surface area contributed by atoms with Gasteiger partial charge in [0.25, 0.3) is 0 Å². The maximum atomic E-state index is 12.9. The van der Waals surface area contributed by atoms with Gasteiger partial charge in [-0.15, -0.1) is 0 Å². The van der Waals surface area contributed by atoms with Crippen molar-refractivity contribution in [3.8, 4) is 5.69 Å². The van der Waals surface area contributed by atoms with Crippen LogP contribution in [0.15, 0.2) is 54.7 Å². The first-order valence-corrected chi connectivity index (χ1v) is 17.9. The van der Waals surface area contributed by atoms with Crippen molar-refractivity contribution in [2.75, 3.05) is 57.8 Å². The molecular weight excluding hydrogens is 630 g/mol. The molecule has 0 aliphatic carbocycles. The Morgan fingerprint density at radius 2 is 1.76 bits per heavy atom. The molecule has 2 aliphatic rings. The van der Waals surface area contributed by atoms with Gasteiger partial charge in [-0.25, -0.2) is 19.4 Å². The lowest BCUT2D eigenvalue weighted by atomic mass is 9.93. The number of hydrogen-bond acceptors (Lipinski definition) is 9. The van der Waals surface area contributed by atoms with Crippen LogP contribution in [0.5, 0.6) is 0 Å². The minimum Gasteiger partial charge on any atom is -0.469 e. The molecule has 0 bridgehead atoms. The fourth-order valence-electron chi connectivity index (χ4n) is 7.20. The highest BCUT2D eigenvalue weighted by molar-refractivity contribution is 5.74. The molecule has 4 aromatic rings. The number of benzene rings is 1. The van der Waals surface area contributed by atoms with Gasteiger partial charge >= 0.3 is 12.1 Å². The van der Waals surface area contributed by atoms with Crippen molar-refractivity contribution >= 4 is 28.8 Å². The quantitative estimate of drug-likeness (QED) is 0.184. The Morgan fingerprint density at radius 1 is 0.980 bits per heavy atom. The first kappa shape index (κ1) is 35.3. The van der Waals surface area contributed by atoms with Gasteiger partial charge in [-0.1, -0.05) is 0 Å². The zero-order valence-corrected chi connectivity index (χ0v) is 30.4. The van der Waals surface area contributed by atoms with E-state index in [1.54, 1.807) is 11.1 Å². The van der Waals surface area contributed by atoms with Gasteiger partial charge < -0.3 is 24.2 Å². The van der Waals surface area contributed by atoms with Gasteiger partial charge in [0.2, 0.25) is 0 Å². The average Bonchev–Trinajstić information content (AvgIpc) is 3.70. The number of pyridine rings is 2. The molecule has 3 aromatic heterocycles. The lowest BCUT2D eigenvalue weighted by Gasteiger charge is -2.37. The Kier molecular flexibility index (Phi) is 10.7. The Labute approximate surface area is 295 Å². The van der Waals surface area contributed by atoms with Crippen molar-refractivity contribution in [3.05, 3.63) is 77.4 Å². The van der Waals surface area contributed by atoms with Crippen LogP contribution < -0.4 is 4.90 Å². The second-order valence-electron chi connectivity index (χ2n) is 14.9. The van der Waals surface area contributed by atoms with E-state index < -0.39 is 5.60 Å². The molecule has 11 nitrogen and oxygen atoms in total. The van der Waals surface area contributed by atoms with E-state index >= 15 is 0 Å². The summed E-state index contributed by atoms with van der Waals surface area (Å²) in [5, 5.41) is 5.87. The van der Waals surface area contributed by atoms with E-state index in [-0.39, 0.29) is 24.4 Å². The monoisotopic (exact) mass is 681 g/mol. The number of anilines is 1. The second kappa shape index (κ2) is 15.2. The van der Waals surface area contributed by atoms with Gasteiger partial charge in [0.05, 0.1) is 24.9 Å². The maximum Gasteiger partial charge on any atom is 0.410 e. The number of fused-ring (bicyclic) bond motifs is 1. The van der Waals surface area contributed by atoms with E-state index in [0.717, 1.165) is 84.0 Å². The smallest absolute Gasteiger partial charge is 0.410 e. The second-order valence-corrected chi connectivity index (χ2v) is 14.9. The summed E-state index contributed by atoms with van der Waals surface area (Å²) in [6.45, 7) is 15.0. The fourth-order valence-corrected chi connectivity index (χ4v) is 7.20. The van der Waals surface area contributed by atoms with Crippen LogP contribution in [-0.2, 0) is 20.7 Å². The normalized spacial score (nSPS) is 17.7. The van der Waals surface area contributed by atoms with E-state index in [1.165, 1.54) is 7.11 Å². The highest BCUT2D eigenvalue weighted by atomic mass is 16.6. The molecule has 50 heavy (non-hydrogen) atoms. The number of likely N-dealkylation sites (tertiary alicyclic amines) is 1. The van der Waals surface area contributed by atoms with Crippen molar-refractivity contribution in [2.45, 2.75) is 71.8 Å². The number of nitrogens with zero attached hydrogens (tertiary/aromatic N) is 7. The minimum absolute atomic E-state index is 0.0619. The summed E-state index contributed by atoms with van der Waals surface area (Å²) >= 11 is 0. The van der Waals surface area contributed by atoms with Gasteiger partial charge in [-0.2, -0.15) is 5.10 Å². The summed E-state index contributed by atoms with van der Waals surface area (Å²) in [7, 11) is 1.46. The van der Waals surface area contributed by atoms with Crippen LogP contribution in [0.25, 0.3) is 16.7 Å². The molecule has 2 atom stereocenters. The number of ether oxygens (including phenoxy) is 2. The average molecular weight is 682 g/mol. The van der Waals surface area contributed by atoms with Crippen molar-refractivity contribution in [3.63, 3.8) is 0 Å². The van der Waals surface area contributed by atoms with Gasteiger partial charge in [-0.3, -0.25) is 4.79 Å². The third-order valence-electron chi connectivity index (χ3n) is 9.77. The molecule has 6 rings (SSSR count). The maximum absolute atomic E-state index is 12.9. The standard InChI is InChI=1S/C39H51N7O4/c1-27-20-28(2)46(42-27)35-22-31(21-34(24-35)44-16-18-45(19-17-44)38(48)50-39(3,4)5)32(23-36(47)49-6)26-43-15-13-29(25-43)9-11-33-12-10-30-8-7-14-40-37(30)41-33/h7-8,10,12,14,20-22,24,29,32H,9,11,13,15-19,23,25-26H2,1-6H3/t29?,32-/m0/s1. The first-order valence-electron chi connectivity index (χ1n) is 17.9. The number of piperazine rings is 1. The number of methoxy groups -OCH3 is 1. The topological polar surface area (TPSA) is 106 Å². The molecule has 2 saturated heterocycles. The van der Waals surface area contributed by atoms with Crippen LogP contribution in [0.3, 0.4) is 0 Å². The van der Waals surface area contributed by atoms with Gasteiger partial charge in [0.15, 0.2) is 5.65 Å². The van der Waals surface area contributed by atoms with Crippen LogP contribution in [0, 0.1) is 19.8 Å². The van der Waals surface area contributed by atoms with Gasteiger partial charge in [0, 0.05) is 73.8 Å². The van der Waals surface area contributed by atoms with Gasteiger partial charge in [-0.05, 0) is 120 Å². The van der Waals surface area contributed by atoms with Gasteiger partial charge in [0.1, 0.15) is 5.60 Å². The van der Waals surface area contributed by atoms with Crippen LogP contribution in [0.4, 0.5) is 10.5 Å². The third-order valence-corrected chi connectivity index (χ3v) is 9.77. The van der Waals surface area contributed by atoms with E-state index in [4.69, 9.17) is 19.6 Å². The third kappa shape index (κ3) is 8.79. The number of rotatable bonds is 10. The number of amides is 1. The predicted molar refractivity (Wildman–Crippen MR) is 195 cm³/mol. The van der Waals surface area contributed by atoms with Crippen LogP contribution >= 0.6 is 0 Å². The number of carbonyl (C=O) groups is 2. The zero-order valence-electron chi connectivity index (χ0n) is 30.4. The van der Waals surface area contributed by atoms with E-state index in [1.807, 2.05) is 44.5 Å². The summed E-state index contributed by atoms with van der Waals surface area (Å²) in [6, 6.07) is 16.9. The largest absolute Gasteiger partial charge is 0.469 e. The summed E-state index contributed by atoms with van der Waals surface area (Å²) < 4.78 is 12.8. The minimum atomic E-state index is -0.534. The summed E-state index contributed by atoms with van der Waals surface area (Å²) in [5.74, 6) is 0.284. The van der Waals surface area contributed by atoms with Crippen LogP contribution in [-0.4, -0.2) is 100 Å². The number of carbonyl (C=O) groups excluding carboxylic acids is 2. The first-order chi connectivity index (χ1) is 23.9. The zero-order chi connectivity index (χ0) is 35.4. The van der Waals surface area contributed by atoms with Crippen molar-refractivity contribution in [2.24, 2.45) is 5.92 Å². The Bertz CT molecular complexity index is 1810. The molecular formula is C39H51N7O4. The lowest BCUT2D eigenvalue weighted by Crippen LogP contribution is -2.50. The molecule has 0 spiro atoms. The van der Waals surface area contributed by atoms with E-state index in [9.17, 15) is 9.59 Å². The highest BCUT2D eigenvalue weighted by Crippen LogP contribution is 2.32. The van der Waals surface area contributed by atoms with Crippen molar-refractivity contribution in [1.82, 2.24) is 29.5 Å². The molecule has 11 heteroatoms. The van der Waals surface area contributed by atoms with Crippen molar-refractivity contribution < 1.29 is 19.1 Å². The molecule has 1 amide bonds. The molecule has 0 radical (unpaired) electrons. The highest BCUT2D eigenvalue weighted by Gasteiger charge is 2.30. The summed E-state index contributed by atoms with van der Waals surface area (Å²) in [4.78, 5) is 41.4. The molecule has 266 valence electrons. The summed E-state index contributed by atoms with van der Waals surface area (Å²) in [5.41, 5.74) is 6.45. The number of hydrogen-bond donors (Lipinski definition) is 0. The molecule has 1 unspecified atom stereocenters. The number of aromatic nitrogens is 4. The van der Waals surface area contributed by atoms with Crippen molar-refractivity contribution in [1.29, 1.82) is 0 Å².